The highest BCUT2D eigenvalue weighted by Gasteiger charge is 2.33. The Kier molecular flexibility index (Phi) is 4.41. The van der Waals surface area contributed by atoms with Crippen molar-refractivity contribution in [2.75, 3.05) is 30.0 Å². The summed E-state index contributed by atoms with van der Waals surface area (Å²) in [6, 6.07) is 8.33. The van der Waals surface area contributed by atoms with Gasteiger partial charge in [0.15, 0.2) is 6.61 Å². The zero-order valence-corrected chi connectivity index (χ0v) is 14.3. The van der Waals surface area contributed by atoms with E-state index in [1.54, 1.807) is 18.2 Å². The Morgan fingerprint density at radius 2 is 2.07 bits per heavy atom. The van der Waals surface area contributed by atoms with Gasteiger partial charge in [0.1, 0.15) is 23.9 Å². The predicted octanol–water partition coefficient (Wildman–Crippen LogP) is 1.95. The molecule has 0 saturated carbocycles. The number of benzene rings is 2. The highest BCUT2D eigenvalue weighted by Crippen LogP contribution is 2.37. The number of hydrogen-bond donors (Lipinski definition) is 2. The van der Waals surface area contributed by atoms with E-state index >= 15 is 0 Å². The average Bonchev–Trinajstić information content (AvgIpc) is 2.67. The van der Waals surface area contributed by atoms with Crippen molar-refractivity contribution in [1.82, 2.24) is 0 Å². The second kappa shape index (κ2) is 6.88. The number of nitrogens with zero attached hydrogens (tertiary/aromatic N) is 1. The molecule has 2 aromatic carbocycles. The molecule has 0 saturated heterocycles. The second-order valence-electron chi connectivity index (χ2n) is 6.31. The number of aliphatic hydroxyl groups excluding tert-OH is 1. The Labute approximate surface area is 154 Å². The number of carbonyl (C=O) groups is 2. The molecule has 2 amide bonds. The molecule has 0 spiro atoms. The molecule has 2 N–H and O–H groups in total. The van der Waals surface area contributed by atoms with E-state index in [1.165, 1.54) is 23.1 Å². The van der Waals surface area contributed by atoms with E-state index in [4.69, 9.17) is 9.47 Å². The molecule has 0 aliphatic carbocycles. The molecule has 0 fully saturated rings. The van der Waals surface area contributed by atoms with Gasteiger partial charge in [-0.25, -0.2) is 4.39 Å². The first-order valence-corrected chi connectivity index (χ1v) is 8.50. The first kappa shape index (κ1) is 17.3. The van der Waals surface area contributed by atoms with E-state index in [2.05, 4.69) is 5.32 Å². The fourth-order valence-corrected chi connectivity index (χ4v) is 3.25. The van der Waals surface area contributed by atoms with E-state index in [0.29, 0.717) is 29.1 Å². The highest BCUT2D eigenvalue weighted by molar-refractivity contribution is 6.09. The van der Waals surface area contributed by atoms with Crippen molar-refractivity contribution in [1.29, 1.82) is 0 Å². The number of hydrogen-bond acceptors (Lipinski definition) is 5. The fraction of sp³-hybridized carbons (Fsp3) is 0.263. The molecule has 0 aromatic heterocycles. The lowest BCUT2D eigenvalue weighted by atomic mass is 10.1. The van der Waals surface area contributed by atoms with Crippen molar-refractivity contribution in [3.05, 3.63) is 47.8 Å². The molecule has 4 rings (SSSR count). The van der Waals surface area contributed by atoms with Crippen LogP contribution in [-0.2, 0) is 4.79 Å². The summed E-state index contributed by atoms with van der Waals surface area (Å²) in [4.78, 5) is 26.3. The molecule has 2 aromatic rings. The van der Waals surface area contributed by atoms with Crippen LogP contribution in [0.25, 0.3) is 0 Å². The molecule has 1 atom stereocenters. The number of ether oxygens (including phenoxy) is 2. The van der Waals surface area contributed by atoms with Crippen molar-refractivity contribution in [2.24, 2.45) is 0 Å². The van der Waals surface area contributed by atoms with Gasteiger partial charge in [-0.15, -0.1) is 0 Å². The van der Waals surface area contributed by atoms with Crippen molar-refractivity contribution in [2.45, 2.75) is 12.5 Å². The van der Waals surface area contributed by atoms with Gasteiger partial charge in [-0.1, -0.05) is 0 Å². The van der Waals surface area contributed by atoms with Gasteiger partial charge in [-0.05, 0) is 36.8 Å². The van der Waals surface area contributed by atoms with Gasteiger partial charge in [0.2, 0.25) is 0 Å². The van der Waals surface area contributed by atoms with Gasteiger partial charge < -0.3 is 19.9 Å². The van der Waals surface area contributed by atoms with E-state index in [1.807, 2.05) is 0 Å². The fourth-order valence-electron chi connectivity index (χ4n) is 3.25. The zero-order chi connectivity index (χ0) is 19.0. The van der Waals surface area contributed by atoms with Crippen LogP contribution < -0.4 is 19.7 Å². The lowest BCUT2D eigenvalue weighted by Gasteiger charge is -2.37. The predicted molar refractivity (Wildman–Crippen MR) is 94.8 cm³/mol. The van der Waals surface area contributed by atoms with E-state index in [0.717, 1.165) is 0 Å². The number of carbonyl (C=O) groups excluding carboxylic acids is 2. The number of nitrogens with one attached hydrogen (secondary N) is 1. The minimum Gasteiger partial charge on any atom is -0.489 e. The summed E-state index contributed by atoms with van der Waals surface area (Å²) in [5.41, 5.74) is 1.19. The number of fused-ring (bicyclic) bond motifs is 2. The molecule has 2 heterocycles. The normalized spacial score (nSPS) is 17.9. The van der Waals surface area contributed by atoms with Gasteiger partial charge in [0, 0.05) is 18.2 Å². The Bertz CT molecular complexity index is 917. The molecule has 0 unspecified atom stereocenters. The molecule has 140 valence electrons. The number of aliphatic hydroxyl groups is 1. The summed E-state index contributed by atoms with van der Waals surface area (Å²) in [6.07, 6.45) is 0.313. The molecule has 27 heavy (non-hydrogen) atoms. The largest absolute Gasteiger partial charge is 0.489 e. The Morgan fingerprint density at radius 3 is 2.89 bits per heavy atom. The molecule has 8 heteroatoms. The van der Waals surface area contributed by atoms with E-state index in [-0.39, 0.29) is 37.4 Å². The van der Waals surface area contributed by atoms with Crippen molar-refractivity contribution >= 4 is 23.2 Å². The van der Waals surface area contributed by atoms with Crippen molar-refractivity contribution < 1.29 is 28.6 Å². The first-order chi connectivity index (χ1) is 13.1. The molecular formula is C19H17FN2O5. The third-order valence-electron chi connectivity index (χ3n) is 4.52. The highest BCUT2D eigenvalue weighted by atomic mass is 19.1. The van der Waals surface area contributed by atoms with Gasteiger partial charge in [-0.3, -0.25) is 14.5 Å². The Balaban J connectivity index is 1.72. The SMILES string of the molecule is O=C1COc2ccc(C(=O)N3c4ccc(F)cc4OC[C@@H]3CCO)cc2N1. The summed E-state index contributed by atoms with van der Waals surface area (Å²) >= 11 is 0. The molecule has 0 radical (unpaired) electrons. The quantitative estimate of drug-likeness (QED) is 0.860. The van der Waals surface area contributed by atoms with Gasteiger partial charge in [-0.2, -0.15) is 0 Å². The van der Waals surface area contributed by atoms with E-state index in [9.17, 15) is 19.1 Å². The Morgan fingerprint density at radius 1 is 1.22 bits per heavy atom. The summed E-state index contributed by atoms with van der Waals surface area (Å²) in [5.74, 6) is -0.338. The Hall–Kier alpha value is -3.13. The third-order valence-corrected chi connectivity index (χ3v) is 4.52. The smallest absolute Gasteiger partial charge is 0.262 e. The van der Waals surface area contributed by atoms with Crippen LogP contribution >= 0.6 is 0 Å². The minimum absolute atomic E-state index is 0.0682. The third kappa shape index (κ3) is 3.19. The molecule has 2 aliphatic rings. The van der Waals surface area contributed by atoms with Crippen LogP contribution in [-0.4, -0.2) is 42.8 Å². The van der Waals surface area contributed by atoms with E-state index < -0.39 is 11.9 Å². The summed E-state index contributed by atoms with van der Waals surface area (Å²) in [5, 5.41) is 12.0. The number of anilines is 2. The topological polar surface area (TPSA) is 88.1 Å². The maximum atomic E-state index is 13.5. The maximum Gasteiger partial charge on any atom is 0.262 e. The van der Waals surface area contributed by atoms with Crippen LogP contribution in [0.3, 0.4) is 0 Å². The average molecular weight is 372 g/mol. The van der Waals surface area contributed by atoms with Gasteiger partial charge in [0.25, 0.3) is 11.8 Å². The van der Waals surface area contributed by atoms with Gasteiger partial charge >= 0.3 is 0 Å². The zero-order valence-electron chi connectivity index (χ0n) is 14.3. The molecule has 0 bridgehead atoms. The van der Waals surface area contributed by atoms with Crippen LogP contribution in [0.4, 0.5) is 15.8 Å². The first-order valence-electron chi connectivity index (χ1n) is 8.50. The molecule has 2 aliphatic heterocycles. The molecular weight excluding hydrogens is 355 g/mol. The van der Waals surface area contributed by atoms with Crippen LogP contribution in [0.15, 0.2) is 36.4 Å². The van der Waals surface area contributed by atoms with Gasteiger partial charge in [0.05, 0.1) is 17.4 Å². The lowest BCUT2D eigenvalue weighted by molar-refractivity contribution is -0.118. The van der Waals surface area contributed by atoms with Crippen LogP contribution in [0.1, 0.15) is 16.8 Å². The number of rotatable bonds is 3. The standard InChI is InChI=1S/C19H17FN2O5/c20-12-2-3-15-17(8-12)26-9-13(5-6-23)22(15)19(25)11-1-4-16-14(7-11)21-18(24)10-27-16/h1-4,7-8,13,23H,5-6,9-10H2,(H,21,24)/t13-/m0/s1. The monoisotopic (exact) mass is 372 g/mol. The summed E-state index contributed by atoms with van der Waals surface area (Å²) in [7, 11) is 0. The number of amides is 2. The summed E-state index contributed by atoms with van der Waals surface area (Å²) in [6.45, 7) is -0.0444. The van der Waals surface area contributed by atoms with Crippen LogP contribution in [0.5, 0.6) is 11.5 Å². The van der Waals surface area contributed by atoms with Crippen molar-refractivity contribution in [3.63, 3.8) is 0 Å². The minimum atomic E-state index is -0.463. The van der Waals surface area contributed by atoms with Crippen LogP contribution in [0.2, 0.25) is 0 Å². The van der Waals surface area contributed by atoms with Crippen molar-refractivity contribution in [3.8, 4) is 11.5 Å². The molecule has 7 nitrogen and oxygen atoms in total. The van der Waals surface area contributed by atoms with Crippen LogP contribution in [0, 0.1) is 5.82 Å². The maximum absolute atomic E-state index is 13.5. The second-order valence-corrected chi connectivity index (χ2v) is 6.31. The lowest BCUT2D eigenvalue weighted by Crippen LogP contribution is -2.47. The summed E-state index contributed by atoms with van der Waals surface area (Å²) < 4.78 is 24.4. The number of halogens is 1.